The minimum atomic E-state index is 1.11. The first kappa shape index (κ1) is 28.8. The average Bonchev–Trinajstić information content (AvgIpc) is 3.19. The summed E-state index contributed by atoms with van der Waals surface area (Å²) in [6.07, 6.45) is 0. The molecule has 0 aliphatic heterocycles. The number of benzene rings is 9. The Balaban J connectivity index is 1.12. The molecule has 1 heteroatoms. The third kappa shape index (κ3) is 5.32. The fourth-order valence-electron chi connectivity index (χ4n) is 7.20. The molecular weight excluding hydrogens is 591 g/mol. The molecule has 0 aliphatic rings. The SMILES string of the molecule is c1ccc(-c2ccc(N(c3ccc(-c4ccc5c(ccc6c7ccccc7ccc56)c4)cc3)c3ccccc3-c3ccccc3)cc2)cc1. The van der Waals surface area contributed by atoms with Crippen LogP contribution in [0.4, 0.5) is 17.1 Å². The maximum atomic E-state index is 2.37. The monoisotopic (exact) mass is 623 g/mol. The van der Waals surface area contributed by atoms with E-state index in [0.717, 1.165) is 17.1 Å². The Morgan fingerprint density at radius 1 is 0.265 bits per heavy atom. The quantitative estimate of drug-likeness (QED) is 0.167. The summed E-state index contributed by atoms with van der Waals surface area (Å²) in [7, 11) is 0. The van der Waals surface area contributed by atoms with Crippen LogP contribution < -0.4 is 4.90 Å². The highest BCUT2D eigenvalue weighted by Gasteiger charge is 2.17. The normalized spacial score (nSPS) is 11.3. The highest BCUT2D eigenvalue weighted by Crippen LogP contribution is 2.42. The molecular formula is C48H33N. The second kappa shape index (κ2) is 12.3. The summed E-state index contributed by atoms with van der Waals surface area (Å²) in [6, 6.07) is 72.4. The molecule has 0 radical (unpaired) electrons. The second-order valence-electron chi connectivity index (χ2n) is 12.6. The number of fused-ring (bicyclic) bond motifs is 5. The van der Waals surface area contributed by atoms with Crippen molar-refractivity contribution in [2.45, 2.75) is 0 Å². The van der Waals surface area contributed by atoms with E-state index in [1.54, 1.807) is 0 Å². The van der Waals surface area contributed by atoms with Crippen LogP contribution in [0.5, 0.6) is 0 Å². The van der Waals surface area contributed by atoms with Crippen molar-refractivity contribution in [1.82, 2.24) is 0 Å². The van der Waals surface area contributed by atoms with Gasteiger partial charge in [0.1, 0.15) is 0 Å². The van der Waals surface area contributed by atoms with Gasteiger partial charge >= 0.3 is 0 Å². The lowest BCUT2D eigenvalue weighted by Crippen LogP contribution is -2.11. The van der Waals surface area contributed by atoms with Gasteiger partial charge in [0, 0.05) is 16.9 Å². The number of hydrogen-bond acceptors (Lipinski definition) is 1. The van der Waals surface area contributed by atoms with Crippen molar-refractivity contribution in [3.8, 4) is 33.4 Å². The summed E-state index contributed by atoms with van der Waals surface area (Å²) in [5, 5.41) is 7.71. The molecule has 0 unspecified atom stereocenters. The number of para-hydroxylation sites is 1. The Bertz CT molecular complexity index is 2570. The molecule has 1 nitrogen and oxygen atoms in total. The van der Waals surface area contributed by atoms with E-state index < -0.39 is 0 Å². The van der Waals surface area contributed by atoms with Crippen molar-refractivity contribution in [2.75, 3.05) is 4.90 Å². The zero-order valence-electron chi connectivity index (χ0n) is 27.0. The minimum Gasteiger partial charge on any atom is -0.310 e. The zero-order valence-corrected chi connectivity index (χ0v) is 27.0. The lowest BCUT2D eigenvalue weighted by atomic mass is 9.94. The van der Waals surface area contributed by atoms with Crippen LogP contribution in [0.2, 0.25) is 0 Å². The molecule has 9 rings (SSSR count). The predicted octanol–water partition coefficient (Wildman–Crippen LogP) is 13.6. The largest absolute Gasteiger partial charge is 0.310 e. The van der Waals surface area contributed by atoms with Gasteiger partial charge in [-0.05, 0) is 96.5 Å². The zero-order chi connectivity index (χ0) is 32.6. The molecule has 0 heterocycles. The van der Waals surface area contributed by atoms with Gasteiger partial charge in [0.2, 0.25) is 0 Å². The van der Waals surface area contributed by atoms with Crippen molar-refractivity contribution in [3.63, 3.8) is 0 Å². The number of hydrogen-bond donors (Lipinski definition) is 0. The lowest BCUT2D eigenvalue weighted by molar-refractivity contribution is 1.28. The summed E-state index contributed by atoms with van der Waals surface area (Å²) in [4.78, 5) is 2.37. The minimum absolute atomic E-state index is 1.11. The molecule has 0 aromatic heterocycles. The van der Waals surface area contributed by atoms with Crippen molar-refractivity contribution in [2.24, 2.45) is 0 Å². The van der Waals surface area contributed by atoms with Crippen LogP contribution in [0.1, 0.15) is 0 Å². The summed E-state index contributed by atoms with van der Waals surface area (Å²) in [6.45, 7) is 0. The number of rotatable bonds is 6. The summed E-state index contributed by atoms with van der Waals surface area (Å²) >= 11 is 0. The van der Waals surface area contributed by atoms with Gasteiger partial charge < -0.3 is 4.90 Å². The second-order valence-corrected chi connectivity index (χ2v) is 12.6. The first-order valence-corrected chi connectivity index (χ1v) is 16.8. The van der Waals surface area contributed by atoms with Crippen molar-refractivity contribution >= 4 is 49.4 Å². The Morgan fingerprint density at radius 3 is 1.43 bits per heavy atom. The van der Waals surface area contributed by atoms with Crippen LogP contribution in [0.25, 0.3) is 65.7 Å². The molecule has 0 amide bonds. The molecule has 0 saturated heterocycles. The molecule has 0 spiro atoms. The van der Waals surface area contributed by atoms with Gasteiger partial charge in [-0.25, -0.2) is 0 Å². The van der Waals surface area contributed by atoms with Gasteiger partial charge in [0.05, 0.1) is 5.69 Å². The molecule has 0 atom stereocenters. The smallest absolute Gasteiger partial charge is 0.0540 e. The molecule has 9 aromatic carbocycles. The highest BCUT2D eigenvalue weighted by molar-refractivity contribution is 6.17. The molecule has 0 fully saturated rings. The van der Waals surface area contributed by atoms with Gasteiger partial charge in [-0.1, -0.05) is 164 Å². The van der Waals surface area contributed by atoms with E-state index in [1.165, 1.54) is 65.7 Å². The first-order chi connectivity index (χ1) is 24.3. The topological polar surface area (TPSA) is 3.24 Å². The molecule has 0 aliphatic carbocycles. The maximum absolute atomic E-state index is 2.37. The van der Waals surface area contributed by atoms with Gasteiger partial charge in [-0.15, -0.1) is 0 Å². The van der Waals surface area contributed by atoms with Crippen molar-refractivity contribution in [1.29, 1.82) is 0 Å². The summed E-state index contributed by atoms with van der Waals surface area (Å²) in [5.74, 6) is 0. The van der Waals surface area contributed by atoms with Crippen LogP contribution in [0, 0.1) is 0 Å². The third-order valence-corrected chi connectivity index (χ3v) is 9.66. The standard InChI is InChI=1S/C48H33N/c1-3-11-34(12-4-1)35-19-26-41(27-20-35)49(48-18-10-9-17-45(48)37-13-5-2-6-14-37)42-28-21-36(22-29-42)39-24-30-44-40(33-39)25-32-46-43-16-8-7-15-38(43)23-31-47(44)46/h1-33H. The van der Waals surface area contributed by atoms with Crippen LogP contribution in [-0.2, 0) is 0 Å². The highest BCUT2D eigenvalue weighted by atomic mass is 15.1. The van der Waals surface area contributed by atoms with E-state index in [9.17, 15) is 0 Å². The van der Waals surface area contributed by atoms with E-state index >= 15 is 0 Å². The molecule has 230 valence electrons. The Hall–Kier alpha value is -6.44. The molecule has 0 saturated carbocycles. The Labute approximate surface area is 287 Å². The number of anilines is 3. The summed E-state index contributed by atoms with van der Waals surface area (Å²) in [5.41, 5.74) is 10.6. The molecule has 9 aromatic rings. The van der Waals surface area contributed by atoms with Crippen LogP contribution >= 0.6 is 0 Å². The lowest BCUT2D eigenvalue weighted by Gasteiger charge is -2.28. The average molecular weight is 624 g/mol. The fourth-order valence-corrected chi connectivity index (χ4v) is 7.20. The van der Waals surface area contributed by atoms with Crippen LogP contribution in [0.15, 0.2) is 200 Å². The Morgan fingerprint density at radius 2 is 0.735 bits per heavy atom. The van der Waals surface area contributed by atoms with E-state index in [-0.39, 0.29) is 0 Å². The van der Waals surface area contributed by atoms with E-state index in [2.05, 4.69) is 205 Å². The van der Waals surface area contributed by atoms with Gasteiger partial charge in [0.25, 0.3) is 0 Å². The number of nitrogens with zero attached hydrogens (tertiary/aromatic N) is 1. The van der Waals surface area contributed by atoms with Crippen LogP contribution in [0.3, 0.4) is 0 Å². The molecule has 0 bridgehead atoms. The maximum Gasteiger partial charge on any atom is 0.0540 e. The predicted molar refractivity (Wildman–Crippen MR) is 210 cm³/mol. The van der Waals surface area contributed by atoms with Gasteiger partial charge in [-0.2, -0.15) is 0 Å². The van der Waals surface area contributed by atoms with E-state index in [1.807, 2.05) is 0 Å². The van der Waals surface area contributed by atoms with Gasteiger partial charge in [0.15, 0.2) is 0 Å². The summed E-state index contributed by atoms with van der Waals surface area (Å²) < 4.78 is 0. The van der Waals surface area contributed by atoms with Crippen molar-refractivity contribution in [3.05, 3.63) is 200 Å². The van der Waals surface area contributed by atoms with Crippen LogP contribution in [-0.4, -0.2) is 0 Å². The van der Waals surface area contributed by atoms with E-state index in [0.29, 0.717) is 0 Å². The fraction of sp³-hybridized carbons (Fsp3) is 0. The third-order valence-electron chi connectivity index (χ3n) is 9.66. The Kier molecular flexibility index (Phi) is 7.22. The van der Waals surface area contributed by atoms with Crippen molar-refractivity contribution < 1.29 is 0 Å². The molecule has 49 heavy (non-hydrogen) atoms. The van der Waals surface area contributed by atoms with E-state index in [4.69, 9.17) is 0 Å². The van der Waals surface area contributed by atoms with Gasteiger partial charge in [-0.3, -0.25) is 0 Å². The first-order valence-electron chi connectivity index (χ1n) is 16.8. The molecule has 0 N–H and O–H groups in total.